The lowest BCUT2D eigenvalue weighted by Gasteiger charge is -2.44. The number of anilines is 1. The summed E-state index contributed by atoms with van der Waals surface area (Å²) in [5.41, 5.74) is 3.11. The monoisotopic (exact) mass is 413 g/mol. The fourth-order valence-electron chi connectivity index (χ4n) is 4.92. The Morgan fingerprint density at radius 1 is 1.07 bits per heavy atom. The number of carbonyl (C=O) groups excluding carboxylic acids is 1. The summed E-state index contributed by atoms with van der Waals surface area (Å²) in [5.74, 6) is -0.795. The zero-order valence-electron chi connectivity index (χ0n) is 16.6. The van der Waals surface area contributed by atoms with E-state index in [0.29, 0.717) is 17.9 Å². The van der Waals surface area contributed by atoms with Gasteiger partial charge >= 0.3 is 5.97 Å². The predicted molar refractivity (Wildman–Crippen MR) is 115 cm³/mol. The van der Waals surface area contributed by atoms with E-state index in [1.54, 1.807) is 10.3 Å². The predicted octanol–water partition coefficient (Wildman–Crippen LogP) is 4.86. The number of rotatable bonds is 4. The third-order valence-electron chi connectivity index (χ3n) is 6.35. The van der Waals surface area contributed by atoms with Gasteiger partial charge in [-0.3, -0.25) is 4.79 Å². The first kappa shape index (κ1) is 20.1. The minimum absolute atomic E-state index is 0.0543. The number of aliphatic hydroxyl groups excluding tert-OH is 1. The number of carbonyl (C=O) groups is 2. The molecule has 2 atom stereocenters. The van der Waals surface area contributed by atoms with Crippen molar-refractivity contribution in [1.82, 2.24) is 0 Å². The molecular formula is C23H27NO4S. The van der Waals surface area contributed by atoms with Crippen molar-refractivity contribution in [3.05, 3.63) is 40.1 Å². The van der Waals surface area contributed by atoms with Crippen molar-refractivity contribution in [3.8, 4) is 11.1 Å². The molecular weight excluding hydrogens is 386 g/mol. The van der Waals surface area contributed by atoms with Gasteiger partial charge in [0.2, 0.25) is 0 Å². The first-order chi connectivity index (χ1) is 14.0. The van der Waals surface area contributed by atoms with E-state index in [0.717, 1.165) is 36.1 Å². The molecule has 1 saturated carbocycles. The van der Waals surface area contributed by atoms with Crippen LogP contribution >= 0.6 is 11.3 Å². The number of carboxylic acids is 1. The lowest BCUT2D eigenvalue weighted by atomic mass is 9.79. The zero-order valence-corrected chi connectivity index (χ0v) is 17.5. The van der Waals surface area contributed by atoms with Gasteiger partial charge in [-0.25, -0.2) is 4.79 Å². The maximum absolute atomic E-state index is 13.2. The zero-order chi connectivity index (χ0) is 20.5. The molecule has 2 heterocycles. The molecule has 6 heteroatoms. The highest BCUT2D eigenvalue weighted by Crippen LogP contribution is 2.42. The van der Waals surface area contributed by atoms with E-state index in [9.17, 15) is 19.8 Å². The average Bonchev–Trinajstić information content (AvgIpc) is 3.20. The number of nitrogens with zero attached hydrogens (tertiary/aromatic N) is 1. The van der Waals surface area contributed by atoms with Crippen LogP contribution in [0.1, 0.15) is 60.2 Å². The van der Waals surface area contributed by atoms with E-state index in [1.165, 1.54) is 30.6 Å². The highest BCUT2D eigenvalue weighted by Gasteiger charge is 2.40. The Kier molecular flexibility index (Phi) is 5.74. The van der Waals surface area contributed by atoms with Gasteiger partial charge in [-0.05, 0) is 61.6 Å². The van der Waals surface area contributed by atoms with E-state index in [4.69, 9.17) is 0 Å². The molecule has 154 valence electrons. The summed E-state index contributed by atoms with van der Waals surface area (Å²) < 4.78 is 0. The number of piperidine rings is 1. The van der Waals surface area contributed by atoms with Crippen molar-refractivity contribution in [2.75, 3.05) is 4.90 Å². The summed E-state index contributed by atoms with van der Waals surface area (Å²) in [7, 11) is 0. The number of amides is 1. The van der Waals surface area contributed by atoms with Crippen molar-refractivity contribution < 1.29 is 19.8 Å². The van der Waals surface area contributed by atoms with Crippen LogP contribution in [0.15, 0.2) is 29.6 Å². The normalized spacial score (nSPS) is 23.4. The molecule has 2 aliphatic rings. The Hall–Kier alpha value is -2.18. The summed E-state index contributed by atoms with van der Waals surface area (Å²) in [5, 5.41) is 21.8. The number of carboxylic acid groups (broad SMARTS) is 1. The van der Waals surface area contributed by atoms with Gasteiger partial charge in [-0.2, -0.15) is 0 Å². The van der Waals surface area contributed by atoms with Crippen molar-refractivity contribution in [2.24, 2.45) is 5.92 Å². The fourth-order valence-corrected chi connectivity index (χ4v) is 5.67. The van der Waals surface area contributed by atoms with E-state index in [-0.39, 0.29) is 16.8 Å². The molecule has 1 aliphatic carbocycles. The highest BCUT2D eigenvalue weighted by atomic mass is 32.1. The van der Waals surface area contributed by atoms with Gasteiger partial charge in [-0.15, -0.1) is 11.3 Å². The molecule has 29 heavy (non-hydrogen) atoms. The quantitative estimate of drug-likeness (QED) is 0.750. The van der Waals surface area contributed by atoms with Crippen LogP contribution in [0, 0.1) is 12.8 Å². The molecule has 1 amide bonds. The lowest BCUT2D eigenvalue weighted by Crippen LogP contribution is -2.53. The third-order valence-corrected chi connectivity index (χ3v) is 7.25. The lowest BCUT2D eigenvalue weighted by molar-refractivity contribution is -0.129. The molecule has 5 nitrogen and oxygen atoms in total. The molecule has 4 rings (SSSR count). The van der Waals surface area contributed by atoms with Crippen LogP contribution in [-0.4, -0.2) is 34.2 Å². The van der Waals surface area contributed by atoms with Gasteiger partial charge in [0.05, 0.1) is 5.69 Å². The van der Waals surface area contributed by atoms with Crippen LogP contribution in [0.2, 0.25) is 0 Å². The average molecular weight is 414 g/mol. The standard InChI is InChI=1S/C23H27NO4S/c1-14-7-8-16(17-11-12-29-21(17)23(27)28)19(13-14)24-18(9-10-20(25)22(24)26)15-5-3-2-4-6-15/h7-8,11-13,15,18,20,25H,2-6,9-10H2,1H3,(H,27,28). The van der Waals surface area contributed by atoms with Crippen molar-refractivity contribution in [3.63, 3.8) is 0 Å². The van der Waals surface area contributed by atoms with Crippen LogP contribution in [0.25, 0.3) is 11.1 Å². The minimum Gasteiger partial charge on any atom is -0.477 e. The maximum atomic E-state index is 13.2. The van der Waals surface area contributed by atoms with Gasteiger partial charge < -0.3 is 15.1 Å². The van der Waals surface area contributed by atoms with Gasteiger partial charge in [0.1, 0.15) is 11.0 Å². The summed E-state index contributed by atoms with van der Waals surface area (Å²) in [6.07, 6.45) is 6.09. The number of thiophene rings is 1. The number of benzene rings is 1. The molecule has 2 unspecified atom stereocenters. The third kappa shape index (κ3) is 3.83. The molecule has 0 radical (unpaired) electrons. The Bertz CT molecular complexity index is 915. The highest BCUT2D eigenvalue weighted by molar-refractivity contribution is 7.12. The van der Waals surface area contributed by atoms with Crippen LogP contribution in [0.3, 0.4) is 0 Å². The van der Waals surface area contributed by atoms with Crippen molar-refractivity contribution >= 4 is 28.9 Å². The number of aromatic carboxylic acids is 1. The van der Waals surface area contributed by atoms with Crippen LogP contribution < -0.4 is 4.90 Å². The molecule has 2 aromatic rings. The molecule has 1 aliphatic heterocycles. The maximum Gasteiger partial charge on any atom is 0.346 e. The Labute approximate surface area is 175 Å². The van der Waals surface area contributed by atoms with Gasteiger partial charge in [-0.1, -0.05) is 31.4 Å². The van der Waals surface area contributed by atoms with E-state index >= 15 is 0 Å². The van der Waals surface area contributed by atoms with Crippen molar-refractivity contribution in [1.29, 1.82) is 0 Å². The SMILES string of the molecule is Cc1ccc(-c2ccsc2C(=O)O)c(N2C(=O)C(O)CCC2C2CCCCC2)c1. The summed E-state index contributed by atoms with van der Waals surface area (Å²) in [6, 6.07) is 7.68. The smallest absolute Gasteiger partial charge is 0.346 e. The van der Waals surface area contributed by atoms with Gasteiger partial charge in [0, 0.05) is 17.2 Å². The van der Waals surface area contributed by atoms with Crippen molar-refractivity contribution in [2.45, 2.75) is 64.0 Å². The van der Waals surface area contributed by atoms with E-state index < -0.39 is 12.1 Å². The summed E-state index contributed by atoms with van der Waals surface area (Å²) in [4.78, 5) is 27.0. The topological polar surface area (TPSA) is 77.8 Å². The Balaban J connectivity index is 1.83. The summed E-state index contributed by atoms with van der Waals surface area (Å²) >= 11 is 1.19. The minimum atomic E-state index is -0.996. The van der Waals surface area contributed by atoms with Crippen LogP contribution in [0.4, 0.5) is 5.69 Å². The molecule has 1 aromatic carbocycles. The second-order valence-electron chi connectivity index (χ2n) is 8.26. The summed E-state index contributed by atoms with van der Waals surface area (Å²) in [6.45, 7) is 1.97. The van der Waals surface area contributed by atoms with Gasteiger partial charge in [0.15, 0.2) is 0 Å². The Morgan fingerprint density at radius 3 is 2.55 bits per heavy atom. The second-order valence-corrected chi connectivity index (χ2v) is 9.17. The molecule has 1 aromatic heterocycles. The Morgan fingerprint density at radius 2 is 1.83 bits per heavy atom. The molecule has 2 N–H and O–H groups in total. The number of hydrogen-bond donors (Lipinski definition) is 2. The molecule has 0 spiro atoms. The number of aliphatic hydroxyl groups is 1. The number of hydrogen-bond acceptors (Lipinski definition) is 4. The number of aryl methyl sites for hydroxylation is 1. The van der Waals surface area contributed by atoms with E-state index in [2.05, 4.69) is 0 Å². The molecule has 1 saturated heterocycles. The second kappa shape index (κ2) is 8.28. The first-order valence-electron chi connectivity index (χ1n) is 10.4. The van der Waals surface area contributed by atoms with Crippen LogP contribution in [0.5, 0.6) is 0 Å². The van der Waals surface area contributed by atoms with E-state index in [1.807, 2.05) is 31.2 Å². The molecule has 0 bridgehead atoms. The van der Waals surface area contributed by atoms with Crippen LogP contribution in [-0.2, 0) is 4.79 Å². The largest absolute Gasteiger partial charge is 0.477 e. The molecule has 2 fully saturated rings. The first-order valence-corrected chi connectivity index (χ1v) is 11.3. The van der Waals surface area contributed by atoms with Gasteiger partial charge in [0.25, 0.3) is 5.91 Å². The fraction of sp³-hybridized carbons (Fsp3) is 0.478.